The third-order valence-electron chi connectivity index (χ3n) is 3.46. The van der Waals surface area contributed by atoms with E-state index in [0.29, 0.717) is 14.5 Å². The highest BCUT2D eigenvalue weighted by atomic mass is 79.9. The zero-order chi connectivity index (χ0) is 16.4. The second-order valence-electron chi connectivity index (χ2n) is 4.87. The molecule has 0 radical (unpaired) electrons. The molecule has 0 fully saturated rings. The van der Waals surface area contributed by atoms with Gasteiger partial charge in [-0.2, -0.15) is 5.10 Å². The number of nitrogens with zero attached hydrogens (tertiary/aromatic N) is 2. The number of aryl methyl sites for hydroxylation is 1. The van der Waals surface area contributed by atoms with Gasteiger partial charge in [0.25, 0.3) is 5.91 Å². The molecule has 22 heavy (non-hydrogen) atoms. The number of hydrogen-bond acceptors (Lipinski definition) is 3. The Labute approximate surface area is 145 Å². The maximum Gasteiger partial charge on any atom is 0.271 e. The van der Waals surface area contributed by atoms with Gasteiger partial charge >= 0.3 is 0 Å². The average Bonchev–Trinajstić information content (AvgIpc) is 2.71. The first-order valence-electron chi connectivity index (χ1n) is 6.45. The average molecular weight is 429 g/mol. The molecule has 2 rings (SSSR count). The Balaban J connectivity index is 2.13. The Kier molecular flexibility index (Phi) is 5.08. The van der Waals surface area contributed by atoms with E-state index in [4.69, 9.17) is 0 Å². The molecule has 0 aliphatic heterocycles. The lowest BCUT2D eigenvalue weighted by atomic mass is 10.2. The first-order valence-corrected chi connectivity index (χ1v) is 8.04. The summed E-state index contributed by atoms with van der Waals surface area (Å²) in [7, 11) is 1.98. The van der Waals surface area contributed by atoms with Crippen molar-refractivity contribution >= 4 is 44.0 Å². The molecule has 2 aromatic rings. The van der Waals surface area contributed by atoms with E-state index in [1.165, 1.54) is 12.1 Å². The number of rotatable bonds is 3. The highest BCUT2D eigenvalue weighted by Gasteiger charge is 2.11. The van der Waals surface area contributed by atoms with Crippen molar-refractivity contribution in [2.45, 2.75) is 13.8 Å². The molecule has 116 valence electrons. The van der Waals surface area contributed by atoms with E-state index < -0.39 is 0 Å². The van der Waals surface area contributed by atoms with Gasteiger partial charge in [-0.1, -0.05) is 0 Å². The Morgan fingerprint density at radius 1 is 1.27 bits per heavy atom. The van der Waals surface area contributed by atoms with Crippen LogP contribution in [0, 0.1) is 13.8 Å². The molecule has 1 aromatic carbocycles. The van der Waals surface area contributed by atoms with Crippen LogP contribution in [0.2, 0.25) is 0 Å². The number of hydrazone groups is 1. The Hall–Kier alpha value is -1.60. The van der Waals surface area contributed by atoms with Crippen molar-refractivity contribution in [3.05, 3.63) is 49.7 Å². The lowest BCUT2D eigenvalue weighted by Gasteiger charge is -2.04. The van der Waals surface area contributed by atoms with Crippen LogP contribution in [0.1, 0.15) is 27.3 Å². The highest BCUT2D eigenvalue weighted by molar-refractivity contribution is 9.11. The van der Waals surface area contributed by atoms with Crippen LogP contribution in [0.25, 0.3) is 0 Å². The number of aromatic nitrogens is 1. The number of nitrogens with one attached hydrogen (secondary N) is 1. The quantitative estimate of drug-likeness (QED) is 0.578. The summed E-state index contributed by atoms with van der Waals surface area (Å²) in [5.74, 6) is -0.307. The van der Waals surface area contributed by atoms with Crippen molar-refractivity contribution < 1.29 is 9.90 Å². The van der Waals surface area contributed by atoms with Crippen LogP contribution in [0.4, 0.5) is 0 Å². The highest BCUT2D eigenvalue weighted by Crippen LogP contribution is 2.33. The van der Waals surface area contributed by atoms with E-state index >= 15 is 0 Å². The van der Waals surface area contributed by atoms with Gasteiger partial charge in [-0.3, -0.25) is 4.79 Å². The summed E-state index contributed by atoms with van der Waals surface area (Å²) >= 11 is 6.38. The van der Waals surface area contributed by atoms with E-state index in [0.717, 1.165) is 17.0 Å². The number of phenols is 1. The minimum Gasteiger partial charge on any atom is -0.506 e. The van der Waals surface area contributed by atoms with Gasteiger partial charge in [0.05, 0.1) is 15.2 Å². The predicted molar refractivity (Wildman–Crippen MR) is 93.5 cm³/mol. The van der Waals surface area contributed by atoms with Crippen molar-refractivity contribution in [2.75, 3.05) is 0 Å². The summed E-state index contributed by atoms with van der Waals surface area (Å²) < 4.78 is 2.92. The van der Waals surface area contributed by atoms with Gasteiger partial charge in [0.15, 0.2) is 0 Å². The maximum atomic E-state index is 12.1. The van der Waals surface area contributed by atoms with E-state index in [2.05, 4.69) is 47.0 Å². The number of amides is 1. The predicted octanol–water partition coefficient (Wildman–Crippen LogP) is 3.64. The van der Waals surface area contributed by atoms with Crippen LogP contribution in [0.5, 0.6) is 5.75 Å². The molecule has 0 aliphatic carbocycles. The summed E-state index contributed by atoms with van der Waals surface area (Å²) in [4.78, 5) is 12.1. The SMILES string of the molecule is Cc1cc(/C=N\NC(=O)c2cc(Br)c(O)c(Br)c2)c(C)n1C. The Morgan fingerprint density at radius 3 is 2.36 bits per heavy atom. The third kappa shape index (κ3) is 3.41. The molecule has 0 saturated heterocycles. The number of aromatic hydroxyl groups is 1. The van der Waals surface area contributed by atoms with E-state index in [-0.39, 0.29) is 11.7 Å². The fourth-order valence-electron chi connectivity index (χ4n) is 1.94. The minimum absolute atomic E-state index is 0.0513. The maximum absolute atomic E-state index is 12.1. The standard InChI is InChI=1S/C15H15Br2N3O2/c1-8-4-11(9(2)20(8)3)7-18-19-15(22)10-5-12(16)14(21)13(17)6-10/h4-7,21H,1-3H3,(H,19,22)/b18-7-. The molecule has 0 unspecified atom stereocenters. The molecule has 1 amide bonds. The van der Waals surface area contributed by atoms with Gasteiger partial charge in [0.2, 0.25) is 0 Å². The van der Waals surface area contributed by atoms with Crippen molar-refractivity contribution in [1.82, 2.24) is 9.99 Å². The van der Waals surface area contributed by atoms with Gasteiger partial charge < -0.3 is 9.67 Å². The van der Waals surface area contributed by atoms with Gasteiger partial charge in [-0.05, 0) is 63.9 Å². The molecule has 2 N–H and O–H groups in total. The summed E-state index contributed by atoms with van der Waals surface area (Å²) in [6.07, 6.45) is 1.62. The van der Waals surface area contributed by atoms with Gasteiger partial charge in [0, 0.05) is 29.6 Å². The van der Waals surface area contributed by atoms with E-state index in [9.17, 15) is 9.90 Å². The molecule has 1 heterocycles. The Morgan fingerprint density at radius 2 is 1.86 bits per heavy atom. The fourth-order valence-corrected chi connectivity index (χ4v) is 3.12. The topological polar surface area (TPSA) is 66.6 Å². The van der Waals surface area contributed by atoms with Crippen LogP contribution in [-0.4, -0.2) is 21.8 Å². The first kappa shape index (κ1) is 16.8. The van der Waals surface area contributed by atoms with Gasteiger partial charge in [-0.25, -0.2) is 5.43 Å². The number of halogens is 2. The molecule has 5 nitrogen and oxygen atoms in total. The fraction of sp³-hybridized carbons (Fsp3) is 0.200. The van der Waals surface area contributed by atoms with E-state index in [1.807, 2.05) is 27.0 Å². The van der Waals surface area contributed by atoms with Gasteiger partial charge in [-0.15, -0.1) is 0 Å². The molecule has 1 aromatic heterocycles. The monoisotopic (exact) mass is 427 g/mol. The molecule has 7 heteroatoms. The normalized spacial score (nSPS) is 11.1. The summed E-state index contributed by atoms with van der Waals surface area (Å²) in [6.45, 7) is 4.00. The molecule has 0 atom stereocenters. The van der Waals surface area contributed by atoms with Gasteiger partial charge in [0.1, 0.15) is 5.75 Å². The summed E-state index contributed by atoms with van der Waals surface area (Å²) in [5.41, 5.74) is 6.01. The second-order valence-corrected chi connectivity index (χ2v) is 6.58. The molecular weight excluding hydrogens is 414 g/mol. The largest absolute Gasteiger partial charge is 0.506 e. The van der Waals surface area contributed by atoms with Crippen LogP contribution in [0.15, 0.2) is 32.2 Å². The number of carbonyl (C=O) groups excluding carboxylic acids is 1. The van der Waals surface area contributed by atoms with Crippen molar-refractivity contribution in [2.24, 2.45) is 12.1 Å². The minimum atomic E-state index is -0.358. The van der Waals surface area contributed by atoms with Crippen LogP contribution in [0.3, 0.4) is 0 Å². The van der Waals surface area contributed by atoms with Crippen LogP contribution >= 0.6 is 31.9 Å². The first-order chi connectivity index (χ1) is 10.3. The zero-order valence-electron chi connectivity index (χ0n) is 12.3. The smallest absolute Gasteiger partial charge is 0.271 e. The molecule has 0 aliphatic rings. The zero-order valence-corrected chi connectivity index (χ0v) is 15.5. The lowest BCUT2D eigenvalue weighted by molar-refractivity contribution is 0.0955. The number of carbonyl (C=O) groups is 1. The van der Waals surface area contributed by atoms with E-state index in [1.54, 1.807) is 6.21 Å². The Bertz CT molecular complexity index is 743. The van der Waals surface area contributed by atoms with Crippen molar-refractivity contribution in [1.29, 1.82) is 0 Å². The lowest BCUT2D eigenvalue weighted by Crippen LogP contribution is -2.17. The molecule has 0 spiro atoms. The number of hydrogen-bond donors (Lipinski definition) is 2. The summed E-state index contributed by atoms with van der Waals surface area (Å²) in [6, 6.07) is 5.06. The third-order valence-corrected chi connectivity index (χ3v) is 4.67. The molecule has 0 bridgehead atoms. The van der Waals surface area contributed by atoms with Crippen molar-refractivity contribution in [3.63, 3.8) is 0 Å². The second kappa shape index (κ2) is 6.66. The summed E-state index contributed by atoms with van der Waals surface area (Å²) in [5, 5.41) is 13.6. The van der Waals surface area contributed by atoms with Crippen molar-refractivity contribution in [3.8, 4) is 5.75 Å². The molecule has 0 saturated carbocycles. The molecular formula is C15H15Br2N3O2. The van der Waals surface area contributed by atoms with Crippen LogP contribution in [-0.2, 0) is 7.05 Å². The van der Waals surface area contributed by atoms with Crippen LogP contribution < -0.4 is 5.43 Å². The number of benzene rings is 1. The number of phenolic OH excluding ortho intramolecular Hbond substituents is 1.